The summed E-state index contributed by atoms with van der Waals surface area (Å²) in [7, 11) is 0. The number of allylic oxidation sites excluding steroid dienone is 2. The van der Waals surface area contributed by atoms with Gasteiger partial charge in [0.05, 0.1) is 0 Å². The lowest BCUT2D eigenvalue weighted by Gasteiger charge is -1.70. The second kappa shape index (κ2) is 7.89. The van der Waals surface area contributed by atoms with Gasteiger partial charge in [0.2, 0.25) is 0 Å². The average molecular weight is 135 g/mol. The standard InChI is InChI=1S/C5H5N.C4H8/c1-2-4-6-5-3-1;1-3-4-2/h1-5H;3-4H,1-2H3/b;4-3+. The third-order valence-corrected chi connectivity index (χ3v) is 0.900. The monoisotopic (exact) mass is 135 g/mol. The largest absolute Gasteiger partial charge is 0.265 e. The molecule has 1 rings (SSSR count). The van der Waals surface area contributed by atoms with Crippen molar-refractivity contribution in [2.75, 3.05) is 0 Å². The van der Waals surface area contributed by atoms with E-state index < -0.39 is 0 Å². The Hall–Kier alpha value is -1.11. The zero-order valence-electron chi connectivity index (χ0n) is 6.49. The second-order valence-electron chi connectivity index (χ2n) is 1.69. The Balaban J connectivity index is 0.000000180. The molecule has 0 aliphatic heterocycles. The third kappa shape index (κ3) is 6.89. The third-order valence-electron chi connectivity index (χ3n) is 0.900. The predicted octanol–water partition coefficient (Wildman–Crippen LogP) is 2.66. The van der Waals surface area contributed by atoms with E-state index in [1.807, 2.05) is 44.2 Å². The van der Waals surface area contributed by atoms with Crippen molar-refractivity contribution in [3.8, 4) is 0 Å². The SMILES string of the molecule is C/C=C/C.c1ccncc1. The summed E-state index contributed by atoms with van der Waals surface area (Å²) in [6, 6.07) is 5.72. The van der Waals surface area contributed by atoms with Crippen LogP contribution in [0.5, 0.6) is 0 Å². The van der Waals surface area contributed by atoms with Crippen LogP contribution in [-0.4, -0.2) is 4.98 Å². The summed E-state index contributed by atoms with van der Waals surface area (Å²) in [4.78, 5) is 3.78. The second-order valence-corrected chi connectivity index (χ2v) is 1.69. The van der Waals surface area contributed by atoms with Crippen molar-refractivity contribution < 1.29 is 0 Å². The van der Waals surface area contributed by atoms with Gasteiger partial charge in [0.15, 0.2) is 0 Å². The number of pyridine rings is 1. The Labute approximate surface area is 62.4 Å². The van der Waals surface area contributed by atoms with Crippen LogP contribution < -0.4 is 0 Å². The molecule has 0 aromatic carbocycles. The summed E-state index contributed by atoms with van der Waals surface area (Å²) in [5, 5.41) is 0. The Morgan fingerprint density at radius 1 is 0.900 bits per heavy atom. The number of hydrogen-bond acceptors (Lipinski definition) is 1. The smallest absolute Gasteiger partial charge is 0.0267 e. The lowest BCUT2D eigenvalue weighted by atomic mass is 10.5. The molecule has 1 aromatic rings. The van der Waals surface area contributed by atoms with Gasteiger partial charge in [-0.05, 0) is 26.0 Å². The van der Waals surface area contributed by atoms with E-state index in [4.69, 9.17) is 0 Å². The lowest BCUT2D eigenvalue weighted by molar-refractivity contribution is 1.33. The summed E-state index contributed by atoms with van der Waals surface area (Å²) in [6.07, 6.45) is 7.50. The highest BCUT2D eigenvalue weighted by Crippen LogP contribution is 1.73. The van der Waals surface area contributed by atoms with Gasteiger partial charge in [-0.25, -0.2) is 0 Å². The van der Waals surface area contributed by atoms with Gasteiger partial charge in [-0.2, -0.15) is 0 Å². The molecule has 10 heavy (non-hydrogen) atoms. The van der Waals surface area contributed by atoms with Gasteiger partial charge in [0.25, 0.3) is 0 Å². The highest BCUT2D eigenvalue weighted by Gasteiger charge is 1.58. The Morgan fingerprint density at radius 3 is 1.50 bits per heavy atom. The number of rotatable bonds is 0. The van der Waals surface area contributed by atoms with E-state index in [2.05, 4.69) is 4.98 Å². The maximum absolute atomic E-state index is 3.78. The van der Waals surface area contributed by atoms with E-state index in [0.717, 1.165) is 0 Å². The van der Waals surface area contributed by atoms with Crippen LogP contribution in [0.25, 0.3) is 0 Å². The predicted molar refractivity (Wildman–Crippen MR) is 44.7 cm³/mol. The zero-order chi connectivity index (χ0) is 7.66. The molecule has 0 unspecified atom stereocenters. The maximum atomic E-state index is 3.78. The summed E-state index contributed by atoms with van der Waals surface area (Å²) in [6.45, 7) is 4.00. The Kier molecular flexibility index (Phi) is 7.01. The van der Waals surface area contributed by atoms with Gasteiger partial charge < -0.3 is 0 Å². The molecule has 1 nitrogen and oxygen atoms in total. The molecule has 1 heterocycles. The first-order chi connectivity index (χ1) is 4.91. The van der Waals surface area contributed by atoms with E-state index in [-0.39, 0.29) is 0 Å². The molecule has 1 aromatic heterocycles. The van der Waals surface area contributed by atoms with Crippen LogP contribution >= 0.6 is 0 Å². The van der Waals surface area contributed by atoms with Gasteiger partial charge >= 0.3 is 0 Å². The van der Waals surface area contributed by atoms with E-state index in [1.54, 1.807) is 12.4 Å². The van der Waals surface area contributed by atoms with Crippen molar-refractivity contribution in [3.63, 3.8) is 0 Å². The van der Waals surface area contributed by atoms with Crippen molar-refractivity contribution in [3.05, 3.63) is 42.7 Å². The minimum atomic E-state index is 1.75. The molecule has 0 amide bonds. The fourth-order valence-electron chi connectivity index (χ4n) is 0.313. The van der Waals surface area contributed by atoms with Gasteiger partial charge in [0, 0.05) is 12.4 Å². The van der Waals surface area contributed by atoms with Crippen LogP contribution in [0.4, 0.5) is 0 Å². The molecule has 0 bridgehead atoms. The van der Waals surface area contributed by atoms with E-state index in [1.165, 1.54) is 0 Å². The van der Waals surface area contributed by atoms with E-state index in [9.17, 15) is 0 Å². The van der Waals surface area contributed by atoms with Gasteiger partial charge in [-0.1, -0.05) is 18.2 Å². The quantitative estimate of drug-likeness (QED) is 0.498. The minimum Gasteiger partial charge on any atom is -0.265 e. The molecule has 0 saturated carbocycles. The topological polar surface area (TPSA) is 12.9 Å². The molecule has 0 saturated heterocycles. The summed E-state index contributed by atoms with van der Waals surface area (Å²) in [5.41, 5.74) is 0. The molecule has 0 N–H and O–H groups in total. The van der Waals surface area contributed by atoms with E-state index in [0.29, 0.717) is 0 Å². The number of nitrogens with zero attached hydrogens (tertiary/aromatic N) is 1. The van der Waals surface area contributed by atoms with Crippen LogP contribution in [0.1, 0.15) is 13.8 Å². The number of aromatic nitrogens is 1. The highest BCUT2D eigenvalue weighted by atomic mass is 14.6. The highest BCUT2D eigenvalue weighted by molar-refractivity contribution is 4.88. The zero-order valence-corrected chi connectivity index (χ0v) is 6.49. The van der Waals surface area contributed by atoms with Crippen LogP contribution in [0.2, 0.25) is 0 Å². The molecule has 0 atom stereocenters. The minimum absolute atomic E-state index is 1.75. The van der Waals surface area contributed by atoms with Gasteiger partial charge in [0.1, 0.15) is 0 Å². The molecule has 0 radical (unpaired) electrons. The molecule has 0 spiro atoms. The van der Waals surface area contributed by atoms with Gasteiger partial charge in [-0.3, -0.25) is 4.98 Å². The Morgan fingerprint density at radius 2 is 1.40 bits per heavy atom. The van der Waals surface area contributed by atoms with Crippen LogP contribution in [-0.2, 0) is 0 Å². The molecule has 54 valence electrons. The maximum Gasteiger partial charge on any atom is 0.0267 e. The molecule has 1 heteroatoms. The van der Waals surface area contributed by atoms with Crippen molar-refractivity contribution in [1.82, 2.24) is 4.98 Å². The average Bonchev–Trinajstić information content (AvgIpc) is 2.08. The van der Waals surface area contributed by atoms with Crippen molar-refractivity contribution in [2.24, 2.45) is 0 Å². The normalized spacial score (nSPS) is 8.60. The fourth-order valence-corrected chi connectivity index (χ4v) is 0.313. The first-order valence-electron chi connectivity index (χ1n) is 3.34. The van der Waals surface area contributed by atoms with Gasteiger partial charge in [-0.15, -0.1) is 0 Å². The van der Waals surface area contributed by atoms with E-state index >= 15 is 0 Å². The van der Waals surface area contributed by atoms with Crippen LogP contribution in [0, 0.1) is 0 Å². The van der Waals surface area contributed by atoms with Crippen molar-refractivity contribution in [1.29, 1.82) is 0 Å². The molecule has 0 fully saturated rings. The summed E-state index contributed by atoms with van der Waals surface area (Å²) in [5.74, 6) is 0. The lowest BCUT2D eigenvalue weighted by Crippen LogP contribution is -1.58. The number of hydrogen-bond donors (Lipinski definition) is 0. The molecular formula is C9H13N. The summed E-state index contributed by atoms with van der Waals surface area (Å²) < 4.78 is 0. The molecular weight excluding hydrogens is 122 g/mol. The summed E-state index contributed by atoms with van der Waals surface area (Å²) >= 11 is 0. The first-order valence-corrected chi connectivity index (χ1v) is 3.34. The van der Waals surface area contributed by atoms with Crippen molar-refractivity contribution >= 4 is 0 Å². The van der Waals surface area contributed by atoms with Crippen LogP contribution in [0.15, 0.2) is 42.7 Å². The first kappa shape index (κ1) is 8.89. The molecule has 0 aliphatic rings. The Bertz CT molecular complexity index is 125. The fraction of sp³-hybridized carbons (Fsp3) is 0.222. The molecule has 0 aliphatic carbocycles. The van der Waals surface area contributed by atoms with Crippen LogP contribution in [0.3, 0.4) is 0 Å². The van der Waals surface area contributed by atoms with Crippen molar-refractivity contribution in [2.45, 2.75) is 13.8 Å².